The van der Waals surface area contributed by atoms with Gasteiger partial charge in [0.1, 0.15) is 0 Å². The highest BCUT2D eigenvalue weighted by atomic mass is 16.5. The number of aliphatic hydroxyl groups is 1. The lowest BCUT2D eigenvalue weighted by Crippen LogP contribution is -1.81. The lowest BCUT2D eigenvalue weighted by Gasteiger charge is -1.93. The van der Waals surface area contributed by atoms with Gasteiger partial charge in [0.05, 0.1) is 12.3 Å². The molecular weight excluding hydrogens is 154 g/mol. The van der Waals surface area contributed by atoms with Gasteiger partial charge in [-0.05, 0) is 24.6 Å². The molecule has 0 aliphatic rings. The molecular formula is C9H9NO2. The number of aryl methyl sites for hydroxylation is 1. The molecule has 0 radical (unpaired) electrons. The van der Waals surface area contributed by atoms with E-state index in [-0.39, 0.29) is 6.61 Å². The summed E-state index contributed by atoms with van der Waals surface area (Å²) in [6, 6.07) is 5.54. The summed E-state index contributed by atoms with van der Waals surface area (Å²) in [5.41, 5.74) is 2.51. The van der Waals surface area contributed by atoms with Crippen LogP contribution in [0.25, 0.3) is 11.0 Å². The molecule has 0 spiro atoms. The van der Waals surface area contributed by atoms with E-state index in [2.05, 4.69) is 5.16 Å². The molecule has 0 bridgehead atoms. The van der Waals surface area contributed by atoms with Gasteiger partial charge in [-0.3, -0.25) is 0 Å². The van der Waals surface area contributed by atoms with Crippen molar-refractivity contribution in [3.05, 3.63) is 29.5 Å². The molecule has 0 saturated heterocycles. The first-order chi connectivity index (χ1) is 5.81. The van der Waals surface area contributed by atoms with E-state index in [0.717, 1.165) is 22.2 Å². The monoisotopic (exact) mass is 163 g/mol. The molecule has 3 heteroatoms. The quantitative estimate of drug-likeness (QED) is 0.695. The Morgan fingerprint density at radius 2 is 2.33 bits per heavy atom. The Bertz CT molecular complexity index is 406. The predicted octanol–water partition coefficient (Wildman–Crippen LogP) is 1.63. The molecule has 1 aromatic heterocycles. The molecule has 3 nitrogen and oxygen atoms in total. The van der Waals surface area contributed by atoms with Crippen molar-refractivity contribution in [1.82, 2.24) is 5.16 Å². The van der Waals surface area contributed by atoms with Crippen LogP contribution < -0.4 is 0 Å². The summed E-state index contributed by atoms with van der Waals surface area (Å²) in [7, 11) is 0. The van der Waals surface area contributed by atoms with Gasteiger partial charge >= 0.3 is 0 Å². The van der Waals surface area contributed by atoms with Crippen LogP contribution >= 0.6 is 0 Å². The first-order valence-corrected chi connectivity index (χ1v) is 3.77. The van der Waals surface area contributed by atoms with E-state index >= 15 is 0 Å². The molecule has 2 rings (SSSR count). The summed E-state index contributed by atoms with van der Waals surface area (Å²) in [5, 5.41) is 13.7. The zero-order valence-electron chi connectivity index (χ0n) is 6.74. The van der Waals surface area contributed by atoms with E-state index in [1.165, 1.54) is 0 Å². The molecule has 12 heavy (non-hydrogen) atoms. The highest BCUT2D eigenvalue weighted by Crippen LogP contribution is 2.18. The van der Waals surface area contributed by atoms with Crippen LogP contribution in [-0.2, 0) is 6.61 Å². The number of fused-ring (bicyclic) bond motifs is 1. The largest absolute Gasteiger partial charge is 0.392 e. The van der Waals surface area contributed by atoms with E-state index in [1.54, 1.807) is 0 Å². The van der Waals surface area contributed by atoms with Gasteiger partial charge < -0.3 is 9.63 Å². The smallest absolute Gasteiger partial charge is 0.167 e. The Morgan fingerprint density at radius 3 is 3.08 bits per heavy atom. The summed E-state index contributed by atoms with van der Waals surface area (Å²) >= 11 is 0. The minimum absolute atomic E-state index is 0.0561. The summed E-state index contributed by atoms with van der Waals surface area (Å²) in [5.74, 6) is 0. The van der Waals surface area contributed by atoms with Gasteiger partial charge in [0, 0.05) is 5.39 Å². The van der Waals surface area contributed by atoms with Gasteiger partial charge in [-0.1, -0.05) is 11.2 Å². The molecule has 2 aromatic rings. The Labute approximate surface area is 69.6 Å². The number of hydrogen-bond donors (Lipinski definition) is 1. The maximum atomic E-state index is 8.87. The zero-order valence-corrected chi connectivity index (χ0v) is 6.74. The second kappa shape index (κ2) is 2.60. The first-order valence-electron chi connectivity index (χ1n) is 3.77. The van der Waals surface area contributed by atoms with E-state index in [0.29, 0.717) is 0 Å². The van der Waals surface area contributed by atoms with E-state index < -0.39 is 0 Å². The van der Waals surface area contributed by atoms with Gasteiger partial charge in [-0.15, -0.1) is 0 Å². The Hall–Kier alpha value is -1.35. The highest BCUT2D eigenvalue weighted by Gasteiger charge is 2.03. The van der Waals surface area contributed by atoms with Crippen molar-refractivity contribution >= 4 is 11.0 Å². The molecule has 0 atom stereocenters. The molecule has 1 heterocycles. The van der Waals surface area contributed by atoms with Gasteiger partial charge in [-0.25, -0.2) is 0 Å². The van der Waals surface area contributed by atoms with Crippen molar-refractivity contribution in [3.63, 3.8) is 0 Å². The normalized spacial score (nSPS) is 10.8. The molecule has 62 valence electrons. The third-order valence-electron chi connectivity index (χ3n) is 1.90. The van der Waals surface area contributed by atoms with Gasteiger partial charge in [0.2, 0.25) is 0 Å². The molecule has 1 N–H and O–H groups in total. The number of nitrogens with zero attached hydrogens (tertiary/aromatic N) is 1. The Morgan fingerprint density at radius 1 is 1.50 bits per heavy atom. The van der Waals surface area contributed by atoms with E-state index in [4.69, 9.17) is 9.63 Å². The molecule has 0 fully saturated rings. The fraction of sp³-hybridized carbons (Fsp3) is 0.222. The number of aromatic nitrogens is 1. The van der Waals surface area contributed by atoms with Crippen molar-refractivity contribution in [1.29, 1.82) is 0 Å². The lowest BCUT2D eigenvalue weighted by atomic mass is 10.1. The zero-order chi connectivity index (χ0) is 8.55. The Balaban J connectivity index is 2.71. The summed E-state index contributed by atoms with van der Waals surface area (Å²) in [4.78, 5) is 0. The average Bonchev–Trinajstić information content (AvgIpc) is 2.47. The molecule has 0 saturated carbocycles. The maximum absolute atomic E-state index is 8.87. The standard InChI is InChI=1S/C9H9NO2/c1-6-8-4-7(5-11)2-3-9(8)12-10-6/h2-4,11H,5H2,1H3. The van der Waals surface area contributed by atoms with Gasteiger partial charge in [-0.2, -0.15) is 0 Å². The van der Waals surface area contributed by atoms with Gasteiger partial charge in [0.25, 0.3) is 0 Å². The minimum atomic E-state index is 0.0561. The van der Waals surface area contributed by atoms with E-state index in [1.807, 2.05) is 25.1 Å². The number of aliphatic hydroxyl groups excluding tert-OH is 1. The highest BCUT2D eigenvalue weighted by molar-refractivity contribution is 5.79. The molecule has 0 aliphatic carbocycles. The van der Waals surface area contributed by atoms with Crippen LogP contribution in [-0.4, -0.2) is 10.3 Å². The van der Waals surface area contributed by atoms with Crippen molar-refractivity contribution in [3.8, 4) is 0 Å². The molecule has 0 aliphatic heterocycles. The number of benzene rings is 1. The number of hydrogen-bond acceptors (Lipinski definition) is 3. The van der Waals surface area contributed by atoms with Crippen LogP contribution in [0.1, 0.15) is 11.3 Å². The fourth-order valence-electron chi connectivity index (χ4n) is 1.20. The predicted molar refractivity (Wildman–Crippen MR) is 44.7 cm³/mol. The van der Waals surface area contributed by atoms with E-state index in [9.17, 15) is 0 Å². The second-order valence-electron chi connectivity index (χ2n) is 2.76. The summed E-state index contributed by atoms with van der Waals surface area (Å²) in [6.07, 6.45) is 0. The van der Waals surface area contributed by atoms with Crippen LogP contribution in [0, 0.1) is 6.92 Å². The minimum Gasteiger partial charge on any atom is -0.392 e. The van der Waals surface area contributed by atoms with Gasteiger partial charge in [0.15, 0.2) is 5.58 Å². The SMILES string of the molecule is Cc1noc2ccc(CO)cc12. The molecule has 1 aromatic carbocycles. The molecule has 0 amide bonds. The van der Waals surface area contributed by atoms with Crippen LogP contribution in [0.3, 0.4) is 0 Å². The van der Waals surface area contributed by atoms with Crippen LogP contribution in [0.15, 0.2) is 22.7 Å². The summed E-state index contributed by atoms with van der Waals surface area (Å²) in [6.45, 7) is 1.94. The van der Waals surface area contributed by atoms with Crippen LogP contribution in [0.2, 0.25) is 0 Å². The van der Waals surface area contributed by atoms with Crippen molar-refractivity contribution in [2.75, 3.05) is 0 Å². The topological polar surface area (TPSA) is 46.3 Å². The number of rotatable bonds is 1. The average molecular weight is 163 g/mol. The summed E-state index contributed by atoms with van der Waals surface area (Å²) < 4.78 is 5.02. The van der Waals surface area contributed by atoms with Crippen LogP contribution in [0.5, 0.6) is 0 Å². The third-order valence-corrected chi connectivity index (χ3v) is 1.90. The molecule has 0 unspecified atom stereocenters. The van der Waals surface area contributed by atoms with Crippen molar-refractivity contribution in [2.45, 2.75) is 13.5 Å². The van der Waals surface area contributed by atoms with Crippen molar-refractivity contribution in [2.24, 2.45) is 0 Å². The van der Waals surface area contributed by atoms with Crippen LogP contribution in [0.4, 0.5) is 0 Å². The third kappa shape index (κ3) is 0.987. The maximum Gasteiger partial charge on any atom is 0.167 e. The van der Waals surface area contributed by atoms with Crippen molar-refractivity contribution < 1.29 is 9.63 Å². The second-order valence-corrected chi connectivity index (χ2v) is 2.76. The first kappa shape index (κ1) is 7.31. The lowest BCUT2D eigenvalue weighted by molar-refractivity contribution is 0.282. The fourth-order valence-corrected chi connectivity index (χ4v) is 1.20. The Kier molecular flexibility index (Phi) is 1.59.